The normalized spacial score (nSPS) is 16.1. The molecule has 0 aromatic heterocycles. The summed E-state index contributed by atoms with van der Waals surface area (Å²) >= 11 is 0. The molecule has 0 saturated carbocycles. The van der Waals surface area contributed by atoms with Gasteiger partial charge in [0.25, 0.3) is 5.91 Å². The Labute approximate surface area is 167 Å². The molecule has 146 valence electrons. The molecule has 1 aliphatic rings. The van der Waals surface area contributed by atoms with Crippen molar-refractivity contribution in [2.75, 3.05) is 26.2 Å². The summed E-state index contributed by atoms with van der Waals surface area (Å²) in [6.45, 7) is 7.92. The van der Waals surface area contributed by atoms with Gasteiger partial charge in [0.15, 0.2) is 6.10 Å². The van der Waals surface area contributed by atoms with Crippen LogP contribution in [0.4, 0.5) is 0 Å². The predicted octanol–water partition coefficient (Wildman–Crippen LogP) is 3.37. The number of amides is 1. The third-order valence-corrected chi connectivity index (χ3v) is 5.04. The molecule has 0 radical (unpaired) electrons. The van der Waals surface area contributed by atoms with Crippen molar-refractivity contribution in [1.29, 1.82) is 5.26 Å². The SMILES string of the molecule is Cc1cccc(OC(C)C(=O)N2CCCN(Cc3ccc(C#N)cc3)CC2)c1. The average Bonchev–Trinajstić information content (AvgIpc) is 2.93. The minimum Gasteiger partial charge on any atom is -0.481 e. The first-order chi connectivity index (χ1) is 13.5. The van der Waals surface area contributed by atoms with Gasteiger partial charge in [-0.3, -0.25) is 9.69 Å². The van der Waals surface area contributed by atoms with Crippen LogP contribution in [0.25, 0.3) is 0 Å². The number of nitriles is 1. The summed E-state index contributed by atoms with van der Waals surface area (Å²) in [5, 5.41) is 8.91. The molecule has 2 aromatic rings. The maximum atomic E-state index is 12.8. The van der Waals surface area contributed by atoms with E-state index in [1.807, 2.05) is 67.3 Å². The van der Waals surface area contributed by atoms with E-state index in [1.54, 1.807) is 0 Å². The molecule has 2 aromatic carbocycles. The summed E-state index contributed by atoms with van der Waals surface area (Å²) < 4.78 is 5.86. The molecule has 1 fully saturated rings. The standard InChI is InChI=1S/C23H27N3O2/c1-18-5-3-6-22(15-18)28-19(2)23(27)26-12-4-11-25(13-14-26)17-21-9-7-20(16-24)8-10-21/h3,5-10,15,19H,4,11-14,17H2,1-2H3. The van der Waals surface area contributed by atoms with Crippen LogP contribution in [0, 0.1) is 18.3 Å². The van der Waals surface area contributed by atoms with Crippen molar-refractivity contribution in [3.05, 3.63) is 65.2 Å². The van der Waals surface area contributed by atoms with Crippen LogP contribution in [-0.2, 0) is 11.3 Å². The molecule has 0 bridgehead atoms. The summed E-state index contributed by atoms with van der Waals surface area (Å²) in [4.78, 5) is 17.1. The van der Waals surface area contributed by atoms with Gasteiger partial charge in [0.1, 0.15) is 5.75 Å². The summed E-state index contributed by atoms with van der Waals surface area (Å²) in [6, 6.07) is 17.7. The summed E-state index contributed by atoms with van der Waals surface area (Å²) in [5.74, 6) is 0.778. The van der Waals surface area contributed by atoms with Gasteiger partial charge in [-0.15, -0.1) is 0 Å². The largest absolute Gasteiger partial charge is 0.481 e. The van der Waals surface area contributed by atoms with Gasteiger partial charge < -0.3 is 9.64 Å². The molecule has 5 nitrogen and oxygen atoms in total. The van der Waals surface area contributed by atoms with Crippen molar-refractivity contribution < 1.29 is 9.53 Å². The van der Waals surface area contributed by atoms with E-state index in [9.17, 15) is 4.79 Å². The number of aryl methyl sites for hydroxylation is 1. The van der Waals surface area contributed by atoms with Crippen molar-refractivity contribution in [3.8, 4) is 11.8 Å². The highest BCUT2D eigenvalue weighted by molar-refractivity contribution is 5.81. The minimum atomic E-state index is -0.494. The van der Waals surface area contributed by atoms with E-state index in [-0.39, 0.29) is 5.91 Å². The van der Waals surface area contributed by atoms with Crippen molar-refractivity contribution in [1.82, 2.24) is 9.80 Å². The number of nitrogens with zero attached hydrogens (tertiary/aromatic N) is 3. The average molecular weight is 377 g/mol. The molecule has 1 saturated heterocycles. The second-order valence-electron chi connectivity index (χ2n) is 7.34. The number of benzene rings is 2. The van der Waals surface area contributed by atoms with E-state index in [1.165, 1.54) is 5.56 Å². The van der Waals surface area contributed by atoms with Crippen LogP contribution in [0.3, 0.4) is 0 Å². The van der Waals surface area contributed by atoms with Gasteiger partial charge >= 0.3 is 0 Å². The number of ether oxygens (including phenoxy) is 1. The van der Waals surface area contributed by atoms with Gasteiger partial charge in [0.2, 0.25) is 0 Å². The Morgan fingerprint density at radius 1 is 1.14 bits per heavy atom. The first-order valence-electron chi connectivity index (χ1n) is 9.78. The van der Waals surface area contributed by atoms with Crippen LogP contribution in [0.2, 0.25) is 0 Å². The Kier molecular flexibility index (Phi) is 6.67. The fraction of sp³-hybridized carbons (Fsp3) is 0.391. The Morgan fingerprint density at radius 2 is 1.93 bits per heavy atom. The lowest BCUT2D eigenvalue weighted by Gasteiger charge is -2.25. The third-order valence-electron chi connectivity index (χ3n) is 5.04. The molecule has 28 heavy (non-hydrogen) atoms. The molecular formula is C23H27N3O2. The number of carbonyl (C=O) groups excluding carboxylic acids is 1. The molecule has 3 rings (SSSR count). The van der Waals surface area contributed by atoms with Crippen LogP contribution < -0.4 is 4.74 Å². The van der Waals surface area contributed by atoms with Gasteiger partial charge in [0, 0.05) is 32.7 Å². The third kappa shape index (κ3) is 5.34. The van der Waals surface area contributed by atoms with Crippen LogP contribution >= 0.6 is 0 Å². The minimum absolute atomic E-state index is 0.0433. The van der Waals surface area contributed by atoms with E-state index in [2.05, 4.69) is 11.0 Å². The first-order valence-corrected chi connectivity index (χ1v) is 9.78. The Balaban J connectivity index is 1.53. The predicted molar refractivity (Wildman–Crippen MR) is 109 cm³/mol. The Morgan fingerprint density at radius 3 is 2.64 bits per heavy atom. The van der Waals surface area contributed by atoms with Crippen molar-refractivity contribution in [2.24, 2.45) is 0 Å². The molecule has 0 aliphatic carbocycles. The highest BCUT2D eigenvalue weighted by atomic mass is 16.5. The van der Waals surface area contributed by atoms with E-state index in [0.29, 0.717) is 12.1 Å². The van der Waals surface area contributed by atoms with Gasteiger partial charge in [-0.05, 0) is 55.7 Å². The molecule has 1 atom stereocenters. The van der Waals surface area contributed by atoms with E-state index < -0.39 is 6.10 Å². The Bertz CT molecular complexity index is 842. The zero-order chi connectivity index (χ0) is 19.9. The number of hydrogen-bond acceptors (Lipinski definition) is 4. The van der Waals surface area contributed by atoms with Crippen molar-refractivity contribution in [2.45, 2.75) is 32.9 Å². The topological polar surface area (TPSA) is 56.6 Å². The molecule has 1 amide bonds. The summed E-state index contributed by atoms with van der Waals surface area (Å²) in [5.41, 5.74) is 2.99. The van der Waals surface area contributed by atoms with E-state index in [4.69, 9.17) is 10.00 Å². The monoisotopic (exact) mass is 377 g/mol. The number of rotatable bonds is 5. The maximum Gasteiger partial charge on any atom is 0.263 e. The maximum absolute atomic E-state index is 12.8. The molecule has 1 heterocycles. The molecule has 1 unspecified atom stereocenters. The smallest absolute Gasteiger partial charge is 0.263 e. The lowest BCUT2D eigenvalue weighted by atomic mass is 10.1. The fourth-order valence-corrected chi connectivity index (χ4v) is 3.49. The van der Waals surface area contributed by atoms with Crippen molar-refractivity contribution >= 4 is 5.91 Å². The molecule has 0 spiro atoms. The molecular weight excluding hydrogens is 350 g/mol. The molecule has 0 N–H and O–H groups in total. The summed E-state index contributed by atoms with van der Waals surface area (Å²) in [7, 11) is 0. The van der Waals surface area contributed by atoms with Gasteiger partial charge in [-0.25, -0.2) is 0 Å². The second kappa shape index (κ2) is 9.38. The van der Waals surface area contributed by atoms with Crippen molar-refractivity contribution in [3.63, 3.8) is 0 Å². The molecule has 1 aliphatic heterocycles. The zero-order valence-electron chi connectivity index (χ0n) is 16.6. The highest BCUT2D eigenvalue weighted by Gasteiger charge is 2.24. The number of carbonyl (C=O) groups is 1. The van der Waals surface area contributed by atoms with E-state index >= 15 is 0 Å². The van der Waals surface area contributed by atoms with Crippen LogP contribution in [0.1, 0.15) is 30.0 Å². The van der Waals surface area contributed by atoms with Gasteiger partial charge in [-0.1, -0.05) is 24.3 Å². The van der Waals surface area contributed by atoms with E-state index in [0.717, 1.165) is 43.9 Å². The zero-order valence-corrected chi connectivity index (χ0v) is 16.6. The second-order valence-corrected chi connectivity index (χ2v) is 7.34. The van der Waals surface area contributed by atoms with Crippen LogP contribution in [0.5, 0.6) is 5.75 Å². The first kappa shape index (κ1) is 19.9. The Hall–Kier alpha value is -2.84. The lowest BCUT2D eigenvalue weighted by molar-refractivity contribution is -0.137. The molecule has 5 heteroatoms. The van der Waals surface area contributed by atoms with Crippen LogP contribution in [-0.4, -0.2) is 48.0 Å². The van der Waals surface area contributed by atoms with Crippen LogP contribution in [0.15, 0.2) is 48.5 Å². The van der Waals surface area contributed by atoms with Gasteiger partial charge in [-0.2, -0.15) is 5.26 Å². The fourth-order valence-electron chi connectivity index (χ4n) is 3.49. The lowest BCUT2D eigenvalue weighted by Crippen LogP contribution is -2.42. The van der Waals surface area contributed by atoms with Gasteiger partial charge in [0.05, 0.1) is 11.6 Å². The quantitative estimate of drug-likeness (QED) is 0.802. The number of hydrogen-bond donors (Lipinski definition) is 0. The summed E-state index contributed by atoms with van der Waals surface area (Å²) in [6.07, 6.45) is 0.450. The highest BCUT2D eigenvalue weighted by Crippen LogP contribution is 2.16.